The Balaban J connectivity index is 1.83. The van der Waals surface area contributed by atoms with E-state index in [4.69, 9.17) is 0 Å². The molecule has 1 saturated heterocycles. The number of pyridine rings is 1. The molecule has 1 amide bonds. The van der Waals surface area contributed by atoms with Gasteiger partial charge in [0, 0.05) is 30.5 Å². The standard InChI is InChI=1S/C18H25N5O2/c1-4-14-10-19-8-6-15(14)17(24)22-9-5-7-18(25,12-22)16-11-23(13(2)3)21-20-16/h6,8,10-11,13,25H,4-5,7,9,12H2,1-3H3. The van der Waals surface area contributed by atoms with Gasteiger partial charge in [-0.05, 0) is 44.7 Å². The van der Waals surface area contributed by atoms with E-state index in [1.54, 1.807) is 34.2 Å². The van der Waals surface area contributed by atoms with Crippen molar-refractivity contribution in [1.82, 2.24) is 24.9 Å². The van der Waals surface area contributed by atoms with Crippen LogP contribution >= 0.6 is 0 Å². The Hall–Kier alpha value is -2.28. The van der Waals surface area contributed by atoms with Gasteiger partial charge in [0.05, 0.1) is 12.7 Å². The van der Waals surface area contributed by atoms with Crippen LogP contribution in [0.4, 0.5) is 0 Å². The van der Waals surface area contributed by atoms with Crippen LogP contribution in [-0.2, 0) is 12.0 Å². The van der Waals surface area contributed by atoms with Crippen molar-refractivity contribution in [1.29, 1.82) is 0 Å². The molecule has 7 heteroatoms. The van der Waals surface area contributed by atoms with Gasteiger partial charge in [-0.15, -0.1) is 5.10 Å². The van der Waals surface area contributed by atoms with Crippen LogP contribution in [0.15, 0.2) is 24.7 Å². The molecule has 1 unspecified atom stereocenters. The van der Waals surface area contributed by atoms with Gasteiger partial charge >= 0.3 is 0 Å². The van der Waals surface area contributed by atoms with E-state index in [0.29, 0.717) is 24.2 Å². The highest BCUT2D eigenvalue weighted by atomic mass is 16.3. The predicted octanol–water partition coefficient (Wildman–Crippen LogP) is 1.94. The Kier molecular flexibility index (Phi) is 4.85. The summed E-state index contributed by atoms with van der Waals surface area (Å²) in [6.45, 7) is 6.88. The lowest BCUT2D eigenvalue weighted by atomic mass is 9.89. The summed E-state index contributed by atoms with van der Waals surface area (Å²) >= 11 is 0. The van der Waals surface area contributed by atoms with Crippen molar-refractivity contribution in [2.45, 2.75) is 51.7 Å². The number of likely N-dealkylation sites (tertiary alicyclic amines) is 1. The first-order valence-corrected chi connectivity index (χ1v) is 8.81. The van der Waals surface area contributed by atoms with Gasteiger partial charge in [0.1, 0.15) is 11.3 Å². The third-order valence-electron chi connectivity index (χ3n) is 4.79. The fourth-order valence-electron chi connectivity index (χ4n) is 3.25. The lowest BCUT2D eigenvalue weighted by Crippen LogP contribution is -2.49. The van der Waals surface area contributed by atoms with Crippen molar-refractivity contribution in [3.8, 4) is 0 Å². The highest BCUT2D eigenvalue weighted by Gasteiger charge is 2.39. The average Bonchev–Trinajstić information content (AvgIpc) is 3.12. The normalized spacial score (nSPS) is 20.9. The van der Waals surface area contributed by atoms with Gasteiger partial charge in [-0.3, -0.25) is 9.78 Å². The smallest absolute Gasteiger partial charge is 0.254 e. The van der Waals surface area contributed by atoms with Crippen LogP contribution in [0.25, 0.3) is 0 Å². The molecule has 25 heavy (non-hydrogen) atoms. The van der Waals surface area contributed by atoms with Crippen molar-refractivity contribution in [2.75, 3.05) is 13.1 Å². The third-order valence-corrected chi connectivity index (χ3v) is 4.79. The van der Waals surface area contributed by atoms with Crippen molar-refractivity contribution < 1.29 is 9.90 Å². The zero-order chi connectivity index (χ0) is 18.0. The van der Waals surface area contributed by atoms with Crippen LogP contribution in [0, 0.1) is 0 Å². The fourth-order valence-corrected chi connectivity index (χ4v) is 3.25. The van der Waals surface area contributed by atoms with Crippen molar-refractivity contribution in [3.63, 3.8) is 0 Å². The molecule has 1 aliphatic heterocycles. The van der Waals surface area contributed by atoms with Crippen LogP contribution in [0.1, 0.15) is 61.3 Å². The molecule has 0 radical (unpaired) electrons. The Morgan fingerprint density at radius 3 is 2.92 bits per heavy atom. The van der Waals surface area contributed by atoms with E-state index in [0.717, 1.165) is 18.4 Å². The van der Waals surface area contributed by atoms with Gasteiger partial charge in [-0.2, -0.15) is 0 Å². The van der Waals surface area contributed by atoms with Crippen LogP contribution in [0.2, 0.25) is 0 Å². The number of carbonyl (C=O) groups is 1. The van der Waals surface area contributed by atoms with Gasteiger partial charge in [0.15, 0.2) is 0 Å². The molecule has 3 heterocycles. The minimum absolute atomic E-state index is 0.0615. The fraction of sp³-hybridized carbons (Fsp3) is 0.556. The maximum absolute atomic E-state index is 13.0. The monoisotopic (exact) mass is 343 g/mol. The number of aromatic nitrogens is 4. The van der Waals surface area contributed by atoms with Gasteiger partial charge in [-0.1, -0.05) is 12.1 Å². The summed E-state index contributed by atoms with van der Waals surface area (Å²) in [5.41, 5.74) is 0.963. The average molecular weight is 343 g/mol. The molecule has 0 aliphatic carbocycles. The number of carbonyl (C=O) groups excluding carboxylic acids is 1. The first-order valence-electron chi connectivity index (χ1n) is 8.81. The number of rotatable bonds is 4. The molecule has 1 N–H and O–H groups in total. The molecular formula is C18H25N5O2. The summed E-state index contributed by atoms with van der Waals surface area (Å²) in [6, 6.07) is 1.93. The SMILES string of the molecule is CCc1cnccc1C(=O)N1CCCC(O)(c2cn(C(C)C)nn2)C1. The maximum Gasteiger partial charge on any atom is 0.254 e. The minimum Gasteiger partial charge on any atom is -0.382 e. The summed E-state index contributed by atoms with van der Waals surface area (Å²) in [6.07, 6.45) is 7.19. The number of nitrogens with zero attached hydrogens (tertiary/aromatic N) is 5. The van der Waals surface area contributed by atoms with Gasteiger partial charge in [-0.25, -0.2) is 4.68 Å². The van der Waals surface area contributed by atoms with Crippen molar-refractivity contribution in [2.24, 2.45) is 0 Å². The molecule has 0 spiro atoms. The second kappa shape index (κ2) is 6.92. The van der Waals surface area contributed by atoms with Crippen LogP contribution < -0.4 is 0 Å². The summed E-state index contributed by atoms with van der Waals surface area (Å²) in [4.78, 5) is 18.8. The van der Waals surface area contributed by atoms with E-state index in [-0.39, 0.29) is 18.5 Å². The van der Waals surface area contributed by atoms with E-state index in [1.165, 1.54) is 0 Å². The molecule has 0 bridgehead atoms. The van der Waals surface area contributed by atoms with Crippen molar-refractivity contribution in [3.05, 3.63) is 41.5 Å². The zero-order valence-corrected chi connectivity index (χ0v) is 15.0. The number of aryl methyl sites for hydroxylation is 1. The molecular weight excluding hydrogens is 318 g/mol. The molecule has 0 aromatic carbocycles. The number of β-amino-alcohol motifs (C(OH)–C–C–N with tert-alkyl or cyclic N) is 1. The van der Waals surface area contributed by atoms with Crippen molar-refractivity contribution >= 4 is 5.91 Å². The Labute approximate surface area is 147 Å². The highest BCUT2D eigenvalue weighted by Crippen LogP contribution is 2.31. The van der Waals surface area contributed by atoms with Crippen LogP contribution in [-0.4, -0.2) is 49.0 Å². The Morgan fingerprint density at radius 1 is 1.44 bits per heavy atom. The second-order valence-electron chi connectivity index (χ2n) is 6.93. The minimum atomic E-state index is -1.15. The van der Waals surface area contributed by atoms with Crippen LogP contribution in [0.5, 0.6) is 0 Å². The lowest BCUT2D eigenvalue weighted by molar-refractivity contribution is -0.0321. The van der Waals surface area contributed by atoms with Gasteiger partial charge < -0.3 is 10.0 Å². The predicted molar refractivity (Wildman–Crippen MR) is 93.1 cm³/mol. The summed E-state index contributed by atoms with van der Waals surface area (Å²) in [5, 5.41) is 19.3. The van der Waals surface area contributed by atoms with Gasteiger partial charge in [0.2, 0.25) is 0 Å². The van der Waals surface area contributed by atoms with E-state index in [2.05, 4.69) is 15.3 Å². The molecule has 7 nitrogen and oxygen atoms in total. The molecule has 1 atom stereocenters. The second-order valence-corrected chi connectivity index (χ2v) is 6.93. The maximum atomic E-state index is 13.0. The number of aliphatic hydroxyl groups is 1. The molecule has 1 aliphatic rings. The Bertz CT molecular complexity index is 757. The zero-order valence-electron chi connectivity index (χ0n) is 15.0. The highest BCUT2D eigenvalue weighted by molar-refractivity contribution is 5.95. The Morgan fingerprint density at radius 2 is 2.24 bits per heavy atom. The number of amides is 1. The molecule has 0 saturated carbocycles. The van der Waals surface area contributed by atoms with E-state index < -0.39 is 5.60 Å². The third kappa shape index (κ3) is 3.42. The van der Waals surface area contributed by atoms with Gasteiger partial charge in [0.25, 0.3) is 5.91 Å². The van der Waals surface area contributed by atoms with E-state index >= 15 is 0 Å². The number of piperidine rings is 1. The molecule has 2 aromatic rings. The molecule has 3 rings (SSSR count). The van der Waals surface area contributed by atoms with E-state index in [1.807, 2.05) is 20.8 Å². The summed E-state index contributed by atoms with van der Waals surface area (Å²) in [5.74, 6) is -0.0615. The van der Waals surface area contributed by atoms with E-state index in [9.17, 15) is 9.90 Å². The van der Waals surface area contributed by atoms with Crippen LogP contribution in [0.3, 0.4) is 0 Å². The first-order chi connectivity index (χ1) is 11.9. The largest absolute Gasteiger partial charge is 0.382 e. The topological polar surface area (TPSA) is 84.1 Å². The number of hydrogen-bond acceptors (Lipinski definition) is 5. The summed E-state index contributed by atoms with van der Waals surface area (Å²) in [7, 11) is 0. The number of hydrogen-bond donors (Lipinski definition) is 1. The lowest BCUT2D eigenvalue weighted by Gasteiger charge is -2.38. The molecule has 134 valence electrons. The molecule has 1 fully saturated rings. The first kappa shape index (κ1) is 17.5. The summed E-state index contributed by atoms with van der Waals surface area (Å²) < 4.78 is 1.73. The quantitative estimate of drug-likeness (QED) is 0.917. The molecule has 2 aromatic heterocycles.